The second kappa shape index (κ2) is 3.70. The molecule has 0 fully saturated rings. The Morgan fingerprint density at radius 2 is 2.29 bits per heavy atom. The van der Waals surface area contributed by atoms with Crippen LogP contribution in [0.1, 0.15) is 37.3 Å². The molecule has 0 amide bonds. The molecule has 1 N–H and O–H groups in total. The third kappa shape index (κ3) is 1.55. The second-order valence-corrected chi connectivity index (χ2v) is 4.03. The molecule has 1 aromatic rings. The quantitative estimate of drug-likeness (QED) is 0.723. The monoisotopic (exact) mass is 193 g/mol. The van der Waals surface area contributed by atoms with Crippen molar-refractivity contribution in [1.82, 2.24) is 5.32 Å². The van der Waals surface area contributed by atoms with Gasteiger partial charge in [0.1, 0.15) is 5.82 Å². The summed E-state index contributed by atoms with van der Waals surface area (Å²) in [6.45, 7) is 5.19. The van der Waals surface area contributed by atoms with Crippen LogP contribution in [0.25, 0.3) is 0 Å². The Morgan fingerprint density at radius 1 is 1.50 bits per heavy atom. The van der Waals surface area contributed by atoms with Crippen LogP contribution in [0.3, 0.4) is 0 Å². The molecular formula is C12H16FN. The van der Waals surface area contributed by atoms with E-state index in [2.05, 4.69) is 19.2 Å². The van der Waals surface area contributed by atoms with E-state index in [1.54, 1.807) is 12.1 Å². The molecule has 2 rings (SSSR count). The van der Waals surface area contributed by atoms with E-state index in [0.29, 0.717) is 12.0 Å². The summed E-state index contributed by atoms with van der Waals surface area (Å²) < 4.78 is 13.0. The summed E-state index contributed by atoms with van der Waals surface area (Å²) in [7, 11) is 0. The predicted molar refractivity (Wildman–Crippen MR) is 55.7 cm³/mol. The Balaban J connectivity index is 2.36. The topological polar surface area (TPSA) is 12.0 Å². The molecule has 1 nitrogen and oxygen atoms in total. The minimum atomic E-state index is -0.132. The van der Waals surface area contributed by atoms with Gasteiger partial charge >= 0.3 is 0 Å². The lowest BCUT2D eigenvalue weighted by atomic mass is 9.85. The van der Waals surface area contributed by atoms with Crippen molar-refractivity contribution < 1.29 is 4.39 Å². The Hall–Kier alpha value is -0.890. The molecule has 2 heteroatoms. The van der Waals surface area contributed by atoms with Crippen molar-refractivity contribution in [1.29, 1.82) is 0 Å². The zero-order valence-electron chi connectivity index (χ0n) is 8.68. The van der Waals surface area contributed by atoms with Gasteiger partial charge in [-0.25, -0.2) is 4.39 Å². The average Bonchev–Trinajstić information content (AvgIpc) is 2.18. The molecule has 0 radical (unpaired) electrons. The largest absolute Gasteiger partial charge is 0.309 e. The SMILES string of the molecule is CCC1NCc2cc(F)ccc2C1C. The van der Waals surface area contributed by atoms with Crippen LogP contribution in [0, 0.1) is 5.82 Å². The highest BCUT2D eigenvalue weighted by Gasteiger charge is 2.24. The zero-order valence-corrected chi connectivity index (χ0v) is 8.68. The lowest BCUT2D eigenvalue weighted by Crippen LogP contribution is -2.37. The molecule has 76 valence electrons. The van der Waals surface area contributed by atoms with Crippen LogP contribution in [0.15, 0.2) is 18.2 Å². The van der Waals surface area contributed by atoms with Crippen LogP contribution in [0.2, 0.25) is 0 Å². The number of fused-ring (bicyclic) bond motifs is 1. The highest BCUT2D eigenvalue weighted by Crippen LogP contribution is 2.29. The van der Waals surface area contributed by atoms with Crippen molar-refractivity contribution in [2.45, 2.75) is 38.8 Å². The van der Waals surface area contributed by atoms with E-state index in [0.717, 1.165) is 18.5 Å². The molecule has 1 aliphatic heterocycles. The molecule has 0 aliphatic carbocycles. The van der Waals surface area contributed by atoms with E-state index in [1.807, 2.05) is 6.07 Å². The van der Waals surface area contributed by atoms with Gasteiger partial charge in [-0.3, -0.25) is 0 Å². The molecular weight excluding hydrogens is 177 g/mol. The summed E-state index contributed by atoms with van der Waals surface area (Å²) in [5, 5.41) is 3.44. The first-order valence-electron chi connectivity index (χ1n) is 5.24. The highest BCUT2D eigenvalue weighted by atomic mass is 19.1. The number of rotatable bonds is 1. The number of nitrogens with one attached hydrogen (secondary N) is 1. The molecule has 0 spiro atoms. The number of halogens is 1. The van der Waals surface area contributed by atoms with Gasteiger partial charge in [0.25, 0.3) is 0 Å². The van der Waals surface area contributed by atoms with E-state index in [-0.39, 0.29) is 5.82 Å². The number of hydrogen-bond acceptors (Lipinski definition) is 1. The van der Waals surface area contributed by atoms with Crippen LogP contribution in [0.5, 0.6) is 0 Å². The van der Waals surface area contributed by atoms with E-state index in [1.165, 1.54) is 5.56 Å². The zero-order chi connectivity index (χ0) is 10.1. The van der Waals surface area contributed by atoms with Crippen molar-refractivity contribution >= 4 is 0 Å². The van der Waals surface area contributed by atoms with Crippen LogP contribution in [-0.2, 0) is 6.54 Å². The maximum Gasteiger partial charge on any atom is 0.123 e. The molecule has 2 unspecified atom stereocenters. The number of benzene rings is 1. The summed E-state index contributed by atoms with van der Waals surface area (Å²) in [4.78, 5) is 0. The minimum Gasteiger partial charge on any atom is -0.309 e. The van der Waals surface area contributed by atoms with Gasteiger partial charge in [-0.1, -0.05) is 19.9 Å². The summed E-state index contributed by atoms with van der Waals surface area (Å²) >= 11 is 0. The minimum absolute atomic E-state index is 0.132. The molecule has 14 heavy (non-hydrogen) atoms. The lowest BCUT2D eigenvalue weighted by molar-refractivity contribution is 0.408. The standard InChI is InChI=1S/C12H16FN/c1-3-12-8(2)11-5-4-10(13)6-9(11)7-14-12/h4-6,8,12,14H,3,7H2,1-2H3. The summed E-state index contributed by atoms with van der Waals surface area (Å²) in [6, 6.07) is 5.67. The van der Waals surface area contributed by atoms with Crippen LogP contribution in [0.4, 0.5) is 4.39 Å². The highest BCUT2D eigenvalue weighted by molar-refractivity contribution is 5.33. The second-order valence-electron chi connectivity index (χ2n) is 4.03. The molecule has 0 aromatic heterocycles. The molecule has 1 aromatic carbocycles. The maximum absolute atomic E-state index is 13.0. The fourth-order valence-corrected chi connectivity index (χ4v) is 2.30. The first-order chi connectivity index (χ1) is 6.72. The van der Waals surface area contributed by atoms with Crippen LogP contribution < -0.4 is 5.32 Å². The van der Waals surface area contributed by atoms with Gasteiger partial charge < -0.3 is 5.32 Å². The smallest absolute Gasteiger partial charge is 0.123 e. The van der Waals surface area contributed by atoms with Gasteiger partial charge in [-0.15, -0.1) is 0 Å². The molecule has 1 heterocycles. The van der Waals surface area contributed by atoms with Gasteiger partial charge in [-0.05, 0) is 35.6 Å². The van der Waals surface area contributed by atoms with Crippen molar-refractivity contribution in [2.24, 2.45) is 0 Å². The van der Waals surface area contributed by atoms with Crippen molar-refractivity contribution in [2.75, 3.05) is 0 Å². The third-order valence-corrected chi connectivity index (χ3v) is 3.19. The van der Waals surface area contributed by atoms with Gasteiger partial charge in [0.15, 0.2) is 0 Å². The normalized spacial score (nSPS) is 25.9. The van der Waals surface area contributed by atoms with Gasteiger partial charge in [0, 0.05) is 12.6 Å². The Bertz CT molecular complexity index is 335. The Kier molecular flexibility index (Phi) is 2.55. The van der Waals surface area contributed by atoms with Gasteiger partial charge in [0.2, 0.25) is 0 Å². The van der Waals surface area contributed by atoms with Gasteiger partial charge in [-0.2, -0.15) is 0 Å². The predicted octanol–water partition coefficient (Wildman–Crippen LogP) is 2.81. The first kappa shape index (κ1) is 9.66. The first-order valence-corrected chi connectivity index (χ1v) is 5.24. The fourth-order valence-electron chi connectivity index (χ4n) is 2.30. The fraction of sp³-hybridized carbons (Fsp3) is 0.500. The Labute approximate surface area is 84.3 Å². The van der Waals surface area contributed by atoms with Crippen LogP contribution in [-0.4, -0.2) is 6.04 Å². The van der Waals surface area contributed by atoms with E-state index >= 15 is 0 Å². The van der Waals surface area contributed by atoms with Crippen molar-refractivity contribution in [3.63, 3.8) is 0 Å². The molecule has 0 saturated carbocycles. The summed E-state index contributed by atoms with van der Waals surface area (Å²) in [6.07, 6.45) is 1.12. The van der Waals surface area contributed by atoms with E-state index in [9.17, 15) is 4.39 Å². The molecule has 2 atom stereocenters. The molecule has 1 aliphatic rings. The van der Waals surface area contributed by atoms with Crippen molar-refractivity contribution in [3.8, 4) is 0 Å². The van der Waals surface area contributed by atoms with Crippen LogP contribution >= 0.6 is 0 Å². The number of hydrogen-bond donors (Lipinski definition) is 1. The van der Waals surface area contributed by atoms with E-state index in [4.69, 9.17) is 0 Å². The van der Waals surface area contributed by atoms with Crippen molar-refractivity contribution in [3.05, 3.63) is 35.1 Å². The lowest BCUT2D eigenvalue weighted by Gasteiger charge is -2.31. The third-order valence-electron chi connectivity index (χ3n) is 3.19. The maximum atomic E-state index is 13.0. The molecule has 0 bridgehead atoms. The Morgan fingerprint density at radius 3 is 3.00 bits per heavy atom. The van der Waals surface area contributed by atoms with E-state index < -0.39 is 0 Å². The summed E-state index contributed by atoms with van der Waals surface area (Å²) in [5.74, 6) is 0.358. The average molecular weight is 193 g/mol. The summed E-state index contributed by atoms with van der Waals surface area (Å²) in [5.41, 5.74) is 2.42. The van der Waals surface area contributed by atoms with Gasteiger partial charge in [0.05, 0.1) is 0 Å². The molecule has 0 saturated heterocycles.